The SMILES string of the molecule is C=C(C)c1ccc(/C(=C/CC)C2(C)/C(=C/CC)CCCC(=C)C(CCC)(/C(=C/C)CCC)CCC(CCCC)C2(C)C)cc1. The van der Waals surface area contributed by atoms with Crippen molar-refractivity contribution in [3.63, 3.8) is 0 Å². The number of hydrogen-bond donors (Lipinski definition) is 0. The molecule has 0 saturated heterocycles. The van der Waals surface area contributed by atoms with E-state index in [-0.39, 0.29) is 16.2 Å². The molecule has 0 amide bonds. The van der Waals surface area contributed by atoms with Crippen LogP contribution in [0.5, 0.6) is 0 Å². The van der Waals surface area contributed by atoms with Gasteiger partial charge in [0.15, 0.2) is 0 Å². The average Bonchev–Trinajstić information content (AvgIpc) is 3.01. The van der Waals surface area contributed by atoms with Gasteiger partial charge in [-0.25, -0.2) is 0 Å². The number of allylic oxidation sites excluding steroid dienone is 8. The topological polar surface area (TPSA) is 0 Å². The Balaban J connectivity index is 2.90. The van der Waals surface area contributed by atoms with Gasteiger partial charge in [-0.05, 0) is 106 Å². The van der Waals surface area contributed by atoms with Gasteiger partial charge in [-0.2, -0.15) is 0 Å². The molecule has 1 aromatic carbocycles. The lowest BCUT2D eigenvalue weighted by Gasteiger charge is -2.53. The molecule has 0 heterocycles. The van der Waals surface area contributed by atoms with Crippen LogP contribution in [0.15, 0.2) is 72.4 Å². The van der Waals surface area contributed by atoms with Gasteiger partial charge in [-0.15, -0.1) is 0 Å². The fourth-order valence-corrected chi connectivity index (χ4v) is 8.75. The third-order valence-electron chi connectivity index (χ3n) is 11.6. The van der Waals surface area contributed by atoms with Crippen LogP contribution >= 0.6 is 0 Å². The second kappa shape index (κ2) is 17.6. The van der Waals surface area contributed by atoms with Crippen LogP contribution in [0.2, 0.25) is 0 Å². The molecule has 3 atom stereocenters. The van der Waals surface area contributed by atoms with Gasteiger partial charge in [0.25, 0.3) is 0 Å². The molecule has 0 radical (unpaired) electrons. The van der Waals surface area contributed by atoms with Crippen molar-refractivity contribution in [1.82, 2.24) is 0 Å². The highest BCUT2D eigenvalue weighted by Crippen LogP contribution is 2.61. The number of rotatable bonds is 13. The summed E-state index contributed by atoms with van der Waals surface area (Å²) in [5.41, 5.74) is 10.2. The maximum Gasteiger partial charge on any atom is 0.0190 e. The van der Waals surface area contributed by atoms with Crippen LogP contribution in [0.25, 0.3) is 11.1 Å². The van der Waals surface area contributed by atoms with Gasteiger partial charge in [0, 0.05) is 10.8 Å². The van der Waals surface area contributed by atoms with Crippen LogP contribution < -0.4 is 0 Å². The average molecular weight is 599 g/mol. The van der Waals surface area contributed by atoms with Crippen LogP contribution in [-0.4, -0.2) is 0 Å². The summed E-state index contributed by atoms with van der Waals surface area (Å²) in [5, 5.41) is 0. The molecule has 0 aromatic heterocycles. The van der Waals surface area contributed by atoms with Gasteiger partial charge in [-0.1, -0.05) is 159 Å². The van der Waals surface area contributed by atoms with E-state index in [0.29, 0.717) is 5.92 Å². The minimum atomic E-state index is -0.0753. The predicted octanol–water partition coefficient (Wildman–Crippen LogP) is 14.7. The normalized spacial score (nSPS) is 26.5. The van der Waals surface area contributed by atoms with Crippen molar-refractivity contribution >= 4 is 11.1 Å². The summed E-state index contributed by atoms with van der Waals surface area (Å²) in [4.78, 5) is 0. The summed E-state index contributed by atoms with van der Waals surface area (Å²) in [6.45, 7) is 33.2. The van der Waals surface area contributed by atoms with Crippen LogP contribution in [0.4, 0.5) is 0 Å². The molecule has 0 N–H and O–H groups in total. The molecule has 1 saturated carbocycles. The van der Waals surface area contributed by atoms with Crippen molar-refractivity contribution in [2.75, 3.05) is 0 Å². The summed E-state index contributed by atoms with van der Waals surface area (Å²) < 4.78 is 0. The van der Waals surface area contributed by atoms with Crippen molar-refractivity contribution < 1.29 is 0 Å². The van der Waals surface area contributed by atoms with Crippen molar-refractivity contribution in [2.24, 2.45) is 22.2 Å². The molecule has 44 heavy (non-hydrogen) atoms. The Labute approximate surface area is 275 Å². The molecular formula is C44H70. The zero-order valence-electron chi connectivity index (χ0n) is 30.9. The van der Waals surface area contributed by atoms with E-state index >= 15 is 0 Å². The van der Waals surface area contributed by atoms with Crippen LogP contribution in [0, 0.1) is 22.2 Å². The molecule has 0 heteroatoms. The third kappa shape index (κ3) is 8.19. The highest BCUT2D eigenvalue weighted by Gasteiger charge is 2.51. The van der Waals surface area contributed by atoms with Crippen LogP contribution in [0.3, 0.4) is 0 Å². The van der Waals surface area contributed by atoms with Gasteiger partial charge >= 0.3 is 0 Å². The van der Waals surface area contributed by atoms with Crippen LogP contribution in [0.1, 0.15) is 170 Å². The molecule has 1 aromatic rings. The monoisotopic (exact) mass is 599 g/mol. The quantitative estimate of drug-likeness (QED) is 0.198. The Hall–Kier alpha value is -2.08. The van der Waals surface area contributed by atoms with Crippen molar-refractivity contribution in [3.8, 4) is 0 Å². The lowest BCUT2D eigenvalue weighted by molar-refractivity contribution is 0.0740. The number of hydrogen-bond acceptors (Lipinski definition) is 0. The fraction of sp³-hybridized carbons (Fsp3) is 0.636. The van der Waals surface area contributed by atoms with E-state index < -0.39 is 0 Å². The first-order valence-electron chi connectivity index (χ1n) is 18.4. The third-order valence-corrected chi connectivity index (χ3v) is 11.6. The Morgan fingerprint density at radius 3 is 2.09 bits per heavy atom. The van der Waals surface area contributed by atoms with Crippen molar-refractivity contribution in [1.29, 1.82) is 0 Å². The fourth-order valence-electron chi connectivity index (χ4n) is 8.75. The Morgan fingerprint density at radius 2 is 1.57 bits per heavy atom. The molecule has 0 bridgehead atoms. The van der Waals surface area contributed by atoms with E-state index in [2.05, 4.69) is 118 Å². The maximum absolute atomic E-state index is 4.93. The Kier molecular flexibility index (Phi) is 15.2. The summed E-state index contributed by atoms with van der Waals surface area (Å²) in [6, 6.07) is 9.32. The molecule has 1 aliphatic carbocycles. The summed E-state index contributed by atoms with van der Waals surface area (Å²) >= 11 is 0. The maximum atomic E-state index is 4.93. The predicted molar refractivity (Wildman–Crippen MR) is 201 cm³/mol. The second-order valence-corrected chi connectivity index (χ2v) is 14.6. The number of benzene rings is 1. The summed E-state index contributed by atoms with van der Waals surface area (Å²) in [7, 11) is 0. The van der Waals surface area contributed by atoms with E-state index in [1.807, 2.05) is 0 Å². The van der Waals surface area contributed by atoms with Gasteiger partial charge in [-0.3, -0.25) is 0 Å². The van der Waals surface area contributed by atoms with E-state index in [4.69, 9.17) is 6.58 Å². The molecule has 0 aliphatic heterocycles. The number of unbranched alkanes of at least 4 members (excludes halogenated alkanes) is 1. The molecule has 2 rings (SSSR count). The van der Waals surface area contributed by atoms with Gasteiger partial charge in [0.05, 0.1) is 0 Å². The lowest BCUT2D eigenvalue weighted by atomic mass is 9.51. The molecule has 0 nitrogen and oxygen atoms in total. The van der Waals surface area contributed by atoms with E-state index in [1.54, 1.807) is 11.1 Å². The zero-order chi connectivity index (χ0) is 33.0. The minimum absolute atomic E-state index is 0.0711. The van der Waals surface area contributed by atoms with E-state index in [1.165, 1.54) is 86.5 Å². The molecule has 3 unspecified atom stereocenters. The van der Waals surface area contributed by atoms with E-state index in [0.717, 1.165) is 31.3 Å². The largest absolute Gasteiger partial charge is 0.0990 e. The van der Waals surface area contributed by atoms with Crippen molar-refractivity contribution in [2.45, 2.75) is 159 Å². The van der Waals surface area contributed by atoms with Gasteiger partial charge < -0.3 is 0 Å². The van der Waals surface area contributed by atoms with Gasteiger partial charge in [0.2, 0.25) is 0 Å². The highest BCUT2D eigenvalue weighted by molar-refractivity contribution is 5.75. The summed E-state index contributed by atoms with van der Waals surface area (Å²) in [6.07, 6.45) is 24.4. The second-order valence-electron chi connectivity index (χ2n) is 14.6. The standard InChI is InChI=1S/C44H70/c1-13-19-25-39-31-33-44(32-17-5,38(18-6)21-14-2)35(9)24-20-26-40(22-15-3)43(12,42(39,10)11)41(23-16-4)37-29-27-36(28-30-37)34(7)8/h18,22-23,27-30,39H,7,9,13-17,19-21,24-26,31-33H2,1-6,8,10-12H3/b38-18+,40-22+,41-23-. The minimum Gasteiger partial charge on any atom is -0.0990 e. The van der Waals surface area contributed by atoms with Crippen molar-refractivity contribution in [3.05, 3.63) is 83.5 Å². The molecule has 1 fully saturated rings. The zero-order valence-corrected chi connectivity index (χ0v) is 30.9. The molecular weight excluding hydrogens is 528 g/mol. The Bertz CT molecular complexity index is 1150. The first-order chi connectivity index (χ1) is 20.9. The van der Waals surface area contributed by atoms with Gasteiger partial charge in [0.1, 0.15) is 0 Å². The van der Waals surface area contributed by atoms with Crippen LogP contribution in [-0.2, 0) is 0 Å². The summed E-state index contributed by atoms with van der Waals surface area (Å²) in [5.74, 6) is 0.615. The first kappa shape index (κ1) is 38.1. The molecule has 0 spiro atoms. The van der Waals surface area contributed by atoms with E-state index in [9.17, 15) is 0 Å². The lowest BCUT2D eigenvalue weighted by Crippen LogP contribution is -2.44. The molecule has 246 valence electrons. The Morgan fingerprint density at radius 1 is 0.909 bits per heavy atom. The highest BCUT2D eigenvalue weighted by atomic mass is 14.5. The smallest absolute Gasteiger partial charge is 0.0190 e. The molecule has 1 aliphatic rings. The first-order valence-corrected chi connectivity index (χ1v) is 18.4.